The third-order valence-electron chi connectivity index (χ3n) is 4.31. The number of imide groups is 1. The molecule has 3 amide bonds. The minimum atomic E-state index is -0.655. The molecule has 1 aliphatic rings. The second-order valence-corrected chi connectivity index (χ2v) is 7.53. The molecule has 0 radical (unpaired) electrons. The van der Waals surface area contributed by atoms with E-state index in [1.54, 1.807) is 24.3 Å². The van der Waals surface area contributed by atoms with Gasteiger partial charge >= 0.3 is 0 Å². The van der Waals surface area contributed by atoms with Crippen molar-refractivity contribution in [3.63, 3.8) is 0 Å². The largest absolute Gasteiger partial charge is 0.451 e. The van der Waals surface area contributed by atoms with Crippen LogP contribution < -0.4 is 16.1 Å². The Morgan fingerprint density at radius 1 is 1.10 bits per heavy atom. The molecular formula is C20H13FN2O5S. The summed E-state index contributed by atoms with van der Waals surface area (Å²) in [6.07, 6.45) is 0.377. The van der Waals surface area contributed by atoms with Gasteiger partial charge in [-0.2, -0.15) is 0 Å². The van der Waals surface area contributed by atoms with Crippen molar-refractivity contribution in [1.82, 2.24) is 5.32 Å². The molecule has 1 atom stereocenters. The minimum Gasteiger partial charge on any atom is -0.451 e. The van der Waals surface area contributed by atoms with Gasteiger partial charge in [-0.3, -0.25) is 24.5 Å². The van der Waals surface area contributed by atoms with E-state index in [1.807, 2.05) is 0 Å². The summed E-state index contributed by atoms with van der Waals surface area (Å²) in [4.78, 5) is 47.4. The number of rotatable bonds is 4. The first kappa shape index (κ1) is 18.9. The number of carbonyl (C=O) groups is 3. The van der Waals surface area contributed by atoms with Gasteiger partial charge in [0.15, 0.2) is 11.2 Å². The zero-order valence-electron chi connectivity index (χ0n) is 14.7. The van der Waals surface area contributed by atoms with Crippen molar-refractivity contribution in [2.45, 2.75) is 11.7 Å². The molecule has 2 aromatic carbocycles. The summed E-state index contributed by atoms with van der Waals surface area (Å²) in [5.74, 6) is -1.79. The molecule has 1 aromatic heterocycles. The van der Waals surface area contributed by atoms with Crippen molar-refractivity contribution in [2.75, 3.05) is 5.32 Å². The lowest BCUT2D eigenvalue weighted by molar-refractivity contribution is -0.118. The van der Waals surface area contributed by atoms with Crippen LogP contribution in [0.5, 0.6) is 0 Å². The maximum atomic E-state index is 13.4. The molecule has 3 aromatic rings. The Labute approximate surface area is 167 Å². The van der Waals surface area contributed by atoms with E-state index in [-0.39, 0.29) is 27.9 Å². The zero-order chi connectivity index (χ0) is 20.5. The van der Waals surface area contributed by atoms with Gasteiger partial charge < -0.3 is 9.73 Å². The smallest absolute Gasteiger partial charge is 0.291 e. The molecule has 0 bridgehead atoms. The highest BCUT2D eigenvalue weighted by atomic mass is 32.2. The number of anilines is 1. The van der Waals surface area contributed by atoms with Crippen LogP contribution in [0.15, 0.2) is 57.7 Å². The average molecular weight is 412 g/mol. The lowest BCUT2D eigenvalue weighted by atomic mass is 10.1. The Morgan fingerprint density at radius 2 is 1.86 bits per heavy atom. The zero-order valence-corrected chi connectivity index (χ0v) is 15.5. The van der Waals surface area contributed by atoms with Gasteiger partial charge in [-0.1, -0.05) is 23.9 Å². The summed E-state index contributed by atoms with van der Waals surface area (Å²) in [7, 11) is 0. The number of fused-ring (bicyclic) bond motifs is 1. The van der Waals surface area contributed by atoms with Crippen molar-refractivity contribution < 1.29 is 23.2 Å². The molecule has 146 valence electrons. The summed E-state index contributed by atoms with van der Waals surface area (Å²) in [6, 6.07) is 11.2. The normalized spacial score (nSPS) is 16.1. The first-order valence-corrected chi connectivity index (χ1v) is 9.42. The summed E-state index contributed by atoms with van der Waals surface area (Å²) in [5.41, 5.74) is 0.798. The number of hydrogen-bond donors (Lipinski definition) is 2. The number of halogens is 1. The fraction of sp³-hybridized carbons (Fsp3) is 0.100. The third-order valence-corrected chi connectivity index (χ3v) is 5.30. The maximum Gasteiger partial charge on any atom is 0.291 e. The van der Waals surface area contributed by atoms with Crippen LogP contribution in [-0.4, -0.2) is 22.3 Å². The summed E-state index contributed by atoms with van der Waals surface area (Å²) >= 11 is 0.946. The van der Waals surface area contributed by atoms with Crippen molar-refractivity contribution in [2.24, 2.45) is 0 Å². The number of hydrogen-bond acceptors (Lipinski definition) is 6. The van der Waals surface area contributed by atoms with Crippen LogP contribution >= 0.6 is 11.8 Å². The second-order valence-electron chi connectivity index (χ2n) is 6.35. The molecule has 29 heavy (non-hydrogen) atoms. The molecule has 1 saturated heterocycles. The van der Waals surface area contributed by atoms with Gasteiger partial charge in [-0.15, -0.1) is 0 Å². The molecule has 1 unspecified atom stereocenters. The van der Waals surface area contributed by atoms with E-state index in [0.29, 0.717) is 12.1 Å². The molecule has 0 spiro atoms. The lowest BCUT2D eigenvalue weighted by Gasteiger charge is -2.08. The maximum absolute atomic E-state index is 13.4. The van der Waals surface area contributed by atoms with Crippen molar-refractivity contribution >= 4 is 45.5 Å². The number of benzene rings is 2. The molecule has 2 heterocycles. The average Bonchev–Trinajstić information content (AvgIpc) is 2.99. The molecular weight excluding hydrogens is 399 g/mol. The number of nitrogens with one attached hydrogen (secondary N) is 2. The van der Waals surface area contributed by atoms with E-state index >= 15 is 0 Å². The van der Waals surface area contributed by atoms with Crippen molar-refractivity contribution in [3.8, 4) is 0 Å². The Balaban J connectivity index is 1.48. The first-order valence-electron chi connectivity index (χ1n) is 8.54. The second kappa shape index (κ2) is 7.51. The number of amides is 3. The van der Waals surface area contributed by atoms with Gasteiger partial charge in [0.25, 0.3) is 11.1 Å². The predicted octanol–water partition coefficient (Wildman–Crippen LogP) is 3.08. The van der Waals surface area contributed by atoms with Crippen LogP contribution in [0, 0.1) is 5.82 Å². The van der Waals surface area contributed by atoms with E-state index < -0.39 is 22.4 Å². The molecule has 1 fully saturated rings. The van der Waals surface area contributed by atoms with Crippen molar-refractivity contribution in [3.05, 3.63) is 75.9 Å². The Hall–Kier alpha value is -3.46. The Morgan fingerprint density at radius 3 is 2.55 bits per heavy atom. The number of carbonyl (C=O) groups excluding carboxylic acids is 3. The van der Waals surface area contributed by atoms with E-state index in [4.69, 9.17) is 4.42 Å². The van der Waals surface area contributed by atoms with Gasteiger partial charge in [0.05, 0.1) is 10.6 Å². The predicted molar refractivity (Wildman–Crippen MR) is 105 cm³/mol. The van der Waals surface area contributed by atoms with E-state index in [9.17, 15) is 23.6 Å². The quantitative estimate of drug-likeness (QED) is 0.682. The van der Waals surface area contributed by atoms with E-state index in [2.05, 4.69) is 10.6 Å². The van der Waals surface area contributed by atoms with E-state index in [1.165, 1.54) is 6.07 Å². The summed E-state index contributed by atoms with van der Waals surface area (Å²) in [5, 5.41) is 4.17. The Bertz CT molecular complexity index is 1210. The van der Waals surface area contributed by atoms with Crippen LogP contribution in [0.2, 0.25) is 0 Å². The van der Waals surface area contributed by atoms with Crippen molar-refractivity contribution in [1.29, 1.82) is 0 Å². The Kier molecular flexibility index (Phi) is 4.89. The lowest BCUT2D eigenvalue weighted by Crippen LogP contribution is -2.25. The van der Waals surface area contributed by atoms with E-state index in [0.717, 1.165) is 35.5 Å². The molecule has 2 N–H and O–H groups in total. The highest BCUT2D eigenvalue weighted by Crippen LogP contribution is 2.23. The van der Waals surface area contributed by atoms with Gasteiger partial charge in [-0.25, -0.2) is 4.39 Å². The van der Waals surface area contributed by atoms with Gasteiger partial charge in [0.2, 0.25) is 5.91 Å². The molecule has 0 saturated carbocycles. The SMILES string of the molecule is O=C1NC(=O)C(Cc2ccc(NC(=O)c3cc(=O)c4ccc(F)cc4o3)cc2)S1. The fourth-order valence-electron chi connectivity index (χ4n) is 2.90. The molecule has 9 heteroatoms. The van der Waals surface area contributed by atoms with Crippen LogP contribution in [-0.2, 0) is 11.2 Å². The number of thioether (sulfide) groups is 1. The summed E-state index contributed by atoms with van der Waals surface area (Å²) < 4.78 is 18.7. The highest BCUT2D eigenvalue weighted by molar-refractivity contribution is 8.15. The standard InChI is InChI=1S/C20H13FN2O5S/c21-11-3-6-13-14(24)9-16(28-15(13)8-11)18(25)22-12-4-1-10(2-5-12)7-17-19(26)23-20(27)29-17/h1-6,8-9,17H,7H2,(H,22,25)(H,23,26,27). The fourth-order valence-corrected chi connectivity index (χ4v) is 3.76. The van der Waals surface area contributed by atoms with Crippen LogP contribution in [0.25, 0.3) is 11.0 Å². The molecule has 1 aliphatic heterocycles. The van der Waals surface area contributed by atoms with Gasteiger partial charge in [0.1, 0.15) is 11.4 Å². The van der Waals surface area contributed by atoms with Crippen LogP contribution in [0.4, 0.5) is 14.9 Å². The highest BCUT2D eigenvalue weighted by Gasteiger charge is 2.31. The summed E-state index contributed by atoms with van der Waals surface area (Å²) in [6.45, 7) is 0. The van der Waals surface area contributed by atoms with Gasteiger partial charge in [-0.05, 0) is 36.2 Å². The molecule has 4 rings (SSSR count). The van der Waals surface area contributed by atoms with Crippen LogP contribution in [0.3, 0.4) is 0 Å². The van der Waals surface area contributed by atoms with Crippen LogP contribution in [0.1, 0.15) is 16.1 Å². The topological polar surface area (TPSA) is 105 Å². The molecule has 7 nitrogen and oxygen atoms in total. The van der Waals surface area contributed by atoms with Gasteiger partial charge in [0, 0.05) is 17.8 Å². The molecule has 0 aliphatic carbocycles. The monoisotopic (exact) mass is 412 g/mol. The third kappa shape index (κ3) is 4.04. The first-order chi connectivity index (χ1) is 13.9. The minimum absolute atomic E-state index is 0.0140.